The summed E-state index contributed by atoms with van der Waals surface area (Å²) in [5.74, 6) is 1.20. The highest BCUT2D eigenvalue weighted by molar-refractivity contribution is 5.78. The normalized spacial score (nSPS) is 14.5. The van der Waals surface area contributed by atoms with Gasteiger partial charge in [0, 0.05) is 31.9 Å². The standard InChI is InChI=1S/C23H27N3O2/c1-18(2)20-5-3-6-22(15-20)28-17-23(27)26-12-4-11-25(13-14-26)21-9-7-19(16-24)8-10-21/h3,5-10,15,18H,4,11-14,17H2,1-2H3. The van der Waals surface area contributed by atoms with Crippen molar-refractivity contribution in [3.8, 4) is 11.8 Å². The highest BCUT2D eigenvalue weighted by Crippen LogP contribution is 2.21. The molecular formula is C23H27N3O2. The van der Waals surface area contributed by atoms with Gasteiger partial charge in [0.25, 0.3) is 5.91 Å². The number of ether oxygens (including phenoxy) is 1. The number of carbonyl (C=O) groups is 1. The van der Waals surface area contributed by atoms with Gasteiger partial charge in [-0.15, -0.1) is 0 Å². The summed E-state index contributed by atoms with van der Waals surface area (Å²) in [6.07, 6.45) is 0.911. The van der Waals surface area contributed by atoms with Gasteiger partial charge in [-0.25, -0.2) is 0 Å². The van der Waals surface area contributed by atoms with Crippen LogP contribution < -0.4 is 9.64 Å². The third-order valence-electron chi connectivity index (χ3n) is 5.10. The first-order chi connectivity index (χ1) is 13.6. The van der Waals surface area contributed by atoms with E-state index in [4.69, 9.17) is 10.00 Å². The highest BCUT2D eigenvalue weighted by Gasteiger charge is 2.20. The van der Waals surface area contributed by atoms with Gasteiger partial charge >= 0.3 is 0 Å². The van der Waals surface area contributed by atoms with E-state index < -0.39 is 0 Å². The van der Waals surface area contributed by atoms with Crippen LogP contribution in [0.4, 0.5) is 5.69 Å². The van der Waals surface area contributed by atoms with Crippen LogP contribution in [0.3, 0.4) is 0 Å². The Hall–Kier alpha value is -3.00. The zero-order valence-electron chi connectivity index (χ0n) is 16.6. The molecule has 1 saturated heterocycles. The predicted molar refractivity (Wildman–Crippen MR) is 111 cm³/mol. The second-order valence-electron chi connectivity index (χ2n) is 7.40. The molecule has 1 fully saturated rings. The van der Waals surface area contributed by atoms with E-state index in [-0.39, 0.29) is 12.5 Å². The summed E-state index contributed by atoms with van der Waals surface area (Å²) in [5, 5.41) is 8.94. The maximum absolute atomic E-state index is 12.6. The zero-order valence-corrected chi connectivity index (χ0v) is 16.6. The number of amides is 1. The van der Waals surface area contributed by atoms with E-state index in [1.54, 1.807) is 0 Å². The summed E-state index contributed by atoms with van der Waals surface area (Å²) in [5.41, 5.74) is 2.96. The molecule has 5 heteroatoms. The summed E-state index contributed by atoms with van der Waals surface area (Å²) in [6.45, 7) is 7.43. The van der Waals surface area contributed by atoms with E-state index in [1.165, 1.54) is 5.56 Å². The number of hydrogen-bond donors (Lipinski definition) is 0. The van der Waals surface area contributed by atoms with E-state index in [0.29, 0.717) is 18.0 Å². The molecule has 1 heterocycles. The lowest BCUT2D eigenvalue weighted by Crippen LogP contribution is -2.38. The van der Waals surface area contributed by atoms with Crippen LogP contribution in [0, 0.1) is 11.3 Å². The summed E-state index contributed by atoms with van der Waals surface area (Å²) in [6, 6.07) is 17.7. The molecule has 28 heavy (non-hydrogen) atoms. The minimum Gasteiger partial charge on any atom is -0.484 e. The fraction of sp³-hybridized carbons (Fsp3) is 0.391. The van der Waals surface area contributed by atoms with Crippen LogP contribution in [0.1, 0.15) is 37.3 Å². The van der Waals surface area contributed by atoms with Crippen molar-refractivity contribution in [1.29, 1.82) is 5.26 Å². The average molecular weight is 377 g/mol. The second kappa shape index (κ2) is 9.27. The monoisotopic (exact) mass is 377 g/mol. The van der Waals surface area contributed by atoms with E-state index >= 15 is 0 Å². The molecule has 0 bridgehead atoms. The molecule has 0 saturated carbocycles. The molecule has 0 aliphatic carbocycles. The minimum absolute atomic E-state index is 0.0247. The average Bonchev–Trinajstić information content (AvgIpc) is 2.98. The highest BCUT2D eigenvalue weighted by atomic mass is 16.5. The van der Waals surface area contributed by atoms with Gasteiger partial charge in [-0.3, -0.25) is 4.79 Å². The van der Waals surface area contributed by atoms with Crippen LogP contribution in [0.2, 0.25) is 0 Å². The Labute approximate surface area is 167 Å². The van der Waals surface area contributed by atoms with Crippen LogP contribution in [0.15, 0.2) is 48.5 Å². The Morgan fingerprint density at radius 2 is 1.89 bits per heavy atom. The van der Waals surface area contributed by atoms with Crippen molar-refractivity contribution in [2.24, 2.45) is 0 Å². The maximum atomic E-state index is 12.6. The molecule has 0 atom stereocenters. The summed E-state index contributed by atoms with van der Waals surface area (Å²) in [4.78, 5) is 16.8. The smallest absolute Gasteiger partial charge is 0.260 e. The number of hydrogen-bond acceptors (Lipinski definition) is 4. The third-order valence-corrected chi connectivity index (χ3v) is 5.10. The van der Waals surface area contributed by atoms with Crippen molar-refractivity contribution in [1.82, 2.24) is 4.90 Å². The quantitative estimate of drug-likeness (QED) is 0.795. The number of nitrogens with zero attached hydrogens (tertiary/aromatic N) is 3. The molecule has 0 spiro atoms. The lowest BCUT2D eigenvalue weighted by molar-refractivity contribution is -0.133. The molecule has 2 aromatic carbocycles. The van der Waals surface area contributed by atoms with Crippen molar-refractivity contribution in [3.05, 3.63) is 59.7 Å². The number of rotatable bonds is 5. The van der Waals surface area contributed by atoms with Crippen LogP contribution in [0.25, 0.3) is 0 Å². The number of nitriles is 1. The molecule has 1 amide bonds. The fourth-order valence-corrected chi connectivity index (χ4v) is 3.37. The van der Waals surface area contributed by atoms with Gasteiger partial charge in [0.1, 0.15) is 5.75 Å². The van der Waals surface area contributed by atoms with Gasteiger partial charge in [0.15, 0.2) is 6.61 Å². The van der Waals surface area contributed by atoms with E-state index in [0.717, 1.165) is 37.5 Å². The maximum Gasteiger partial charge on any atom is 0.260 e. The van der Waals surface area contributed by atoms with E-state index in [2.05, 4.69) is 30.9 Å². The van der Waals surface area contributed by atoms with Crippen LogP contribution in [-0.2, 0) is 4.79 Å². The minimum atomic E-state index is 0.0247. The fourth-order valence-electron chi connectivity index (χ4n) is 3.37. The van der Waals surface area contributed by atoms with E-state index in [1.807, 2.05) is 47.4 Å². The molecular weight excluding hydrogens is 350 g/mol. The first-order valence-electron chi connectivity index (χ1n) is 9.82. The second-order valence-corrected chi connectivity index (χ2v) is 7.40. The van der Waals surface area contributed by atoms with Gasteiger partial charge in [0.2, 0.25) is 0 Å². The summed E-state index contributed by atoms with van der Waals surface area (Å²) in [7, 11) is 0. The van der Waals surface area contributed by atoms with Crippen molar-refractivity contribution in [2.75, 3.05) is 37.7 Å². The first kappa shape index (κ1) is 19.8. The molecule has 146 valence electrons. The molecule has 1 aliphatic heterocycles. The Morgan fingerprint density at radius 1 is 1.11 bits per heavy atom. The largest absolute Gasteiger partial charge is 0.484 e. The van der Waals surface area contributed by atoms with Crippen LogP contribution in [0.5, 0.6) is 5.75 Å². The van der Waals surface area contributed by atoms with Crippen molar-refractivity contribution >= 4 is 11.6 Å². The van der Waals surface area contributed by atoms with Crippen LogP contribution >= 0.6 is 0 Å². The van der Waals surface area contributed by atoms with Crippen molar-refractivity contribution in [3.63, 3.8) is 0 Å². The van der Waals surface area contributed by atoms with Gasteiger partial charge in [0.05, 0.1) is 11.6 Å². The summed E-state index contributed by atoms with van der Waals surface area (Å²) < 4.78 is 5.75. The lowest BCUT2D eigenvalue weighted by atomic mass is 10.0. The molecule has 5 nitrogen and oxygen atoms in total. The van der Waals surface area contributed by atoms with Gasteiger partial charge in [-0.1, -0.05) is 26.0 Å². The molecule has 0 aromatic heterocycles. The topological polar surface area (TPSA) is 56.6 Å². The molecule has 3 rings (SSSR count). The molecule has 0 radical (unpaired) electrons. The Bertz CT molecular complexity index is 840. The summed E-state index contributed by atoms with van der Waals surface area (Å²) >= 11 is 0. The Morgan fingerprint density at radius 3 is 2.61 bits per heavy atom. The van der Waals surface area contributed by atoms with Gasteiger partial charge < -0.3 is 14.5 Å². The Kier molecular flexibility index (Phi) is 6.54. The number of carbonyl (C=O) groups excluding carboxylic acids is 1. The predicted octanol–water partition coefficient (Wildman–Crippen LogP) is 3.80. The van der Waals surface area contributed by atoms with Crippen LogP contribution in [-0.4, -0.2) is 43.6 Å². The van der Waals surface area contributed by atoms with Gasteiger partial charge in [-0.2, -0.15) is 5.26 Å². The third kappa shape index (κ3) is 5.04. The van der Waals surface area contributed by atoms with Gasteiger partial charge in [-0.05, 0) is 54.3 Å². The lowest BCUT2D eigenvalue weighted by Gasteiger charge is -2.24. The zero-order chi connectivity index (χ0) is 19.9. The molecule has 1 aliphatic rings. The van der Waals surface area contributed by atoms with Crippen molar-refractivity contribution < 1.29 is 9.53 Å². The SMILES string of the molecule is CC(C)c1cccc(OCC(=O)N2CCCN(c3ccc(C#N)cc3)CC2)c1. The number of benzene rings is 2. The number of anilines is 1. The van der Waals surface area contributed by atoms with Crippen molar-refractivity contribution in [2.45, 2.75) is 26.2 Å². The molecule has 0 N–H and O–H groups in total. The Balaban J connectivity index is 1.54. The molecule has 2 aromatic rings. The molecule has 0 unspecified atom stereocenters. The first-order valence-corrected chi connectivity index (χ1v) is 9.82. The van der Waals surface area contributed by atoms with E-state index in [9.17, 15) is 4.79 Å².